The fourth-order valence-corrected chi connectivity index (χ4v) is 2.81. The Kier molecular flexibility index (Phi) is 6.48. The number of hydrogen-bond donors (Lipinski definition) is 1. The van der Waals surface area contributed by atoms with E-state index in [-0.39, 0.29) is 11.9 Å². The maximum atomic E-state index is 11.0. The van der Waals surface area contributed by atoms with Gasteiger partial charge in [0.15, 0.2) is 0 Å². The molecule has 0 bridgehead atoms. The summed E-state index contributed by atoms with van der Waals surface area (Å²) in [4.78, 5) is 22.6. The molecule has 98 valence electrons. The first-order valence-electron chi connectivity index (χ1n) is 5.34. The number of ether oxygens (including phenoxy) is 1. The lowest BCUT2D eigenvalue weighted by Gasteiger charge is -2.09. The van der Waals surface area contributed by atoms with E-state index in [4.69, 9.17) is 4.74 Å². The van der Waals surface area contributed by atoms with Gasteiger partial charge in [-0.2, -0.15) is 0 Å². The van der Waals surface area contributed by atoms with Gasteiger partial charge in [0.05, 0.1) is 4.90 Å². The first-order valence-corrected chi connectivity index (χ1v) is 7.40. The van der Waals surface area contributed by atoms with Crippen LogP contribution in [0, 0.1) is 3.57 Å². The summed E-state index contributed by atoms with van der Waals surface area (Å²) in [7, 11) is 0. The van der Waals surface area contributed by atoms with Crippen molar-refractivity contribution in [2.75, 3.05) is 12.3 Å². The molecular formula is C12H14INO3S. The number of hydrogen-bond acceptors (Lipinski definition) is 4. The van der Waals surface area contributed by atoms with Crippen LogP contribution >= 0.6 is 34.4 Å². The van der Waals surface area contributed by atoms with E-state index in [0.29, 0.717) is 12.3 Å². The van der Waals surface area contributed by atoms with Crippen molar-refractivity contribution in [2.45, 2.75) is 18.7 Å². The van der Waals surface area contributed by atoms with E-state index < -0.39 is 0 Å². The minimum atomic E-state index is -0.333. The highest BCUT2D eigenvalue weighted by Gasteiger charge is 2.07. The van der Waals surface area contributed by atoms with E-state index in [9.17, 15) is 9.59 Å². The van der Waals surface area contributed by atoms with Crippen molar-refractivity contribution in [1.29, 1.82) is 0 Å². The molecule has 1 rings (SSSR count). The van der Waals surface area contributed by atoms with Crippen LogP contribution in [0.25, 0.3) is 0 Å². The Morgan fingerprint density at radius 3 is 2.72 bits per heavy atom. The summed E-state index contributed by atoms with van der Waals surface area (Å²) in [5.41, 5.74) is 0. The van der Waals surface area contributed by atoms with Gasteiger partial charge in [-0.1, -0.05) is 0 Å². The van der Waals surface area contributed by atoms with Crippen LogP contribution in [-0.2, 0) is 9.59 Å². The number of thioether (sulfide) groups is 1. The number of carbonyl (C=O) groups excluding carboxylic acids is 2. The molecule has 1 amide bonds. The minimum absolute atomic E-state index is 0.0431. The quantitative estimate of drug-likeness (QED) is 0.281. The molecule has 18 heavy (non-hydrogen) atoms. The molecule has 6 heteroatoms. The van der Waals surface area contributed by atoms with E-state index in [1.165, 1.54) is 13.8 Å². The average Bonchev–Trinajstić information content (AvgIpc) is 2.27. The molecule has 0 aliphatic rings. The Balaban J connectivity index is 2.64. The third-order valence-electron chi connectivity index (χ3n) is 1.89. The Morgan fingerprint density at radius 1 is 1.39 bits per heavy atom. The zero-order valence-electron chi connectivity index (χ0n) is 10.2. The molecule has 0 aliphatic heterocycles. The molecule has 0 atom stereocenters. The maximum Gasteiger partial charge on any atom is 0.308 e. The van der Waals surface area contributed by atoms with Crippen LogP contribution in [0.2, 0.25) is 0 Å². The Labute approximate surface area is 124 Å². The number of esters is 1. The smallest absolute Gasteiger partial charge is 0.308 e. The summed E-state index contributed by atoms with van der Waals surface area (Å²) >= 11 is 3.75. The molecule has 0 unspecified atom stereocenters. The predicted octanol–water partition coefficient (Wildman–Crippen LogP) is 2.44. The topological polar surface area (TPSA) is 55.4 Å². The fraction of sp³-hybridized carbons (Fsp3) is 0.333. The zero-order valence-corrected chi connectivity index (χ0v) is 13.1. The molecule has 0 aromatic heterocycles. The average molecular weight is 379 g/mol. The predicted molar refractivity (Wildman–Crippen MR) is 79.9 cm³/mol. The summed E-state index contributed by atoms with van der Waals surface area (Å²) in [5, 5.41) is 2.72. The second-order valence-electron chi connectivity index (χ2n) is 3.52. The van der Waals surface area contributed by atoms with Crippen molar-refractivity contribution in [3.8, 4) is 5.75 Å². The SMILES string of the molecule is CC(=O)NCCSc1cc(I)ccc1OC(C)=O. The molecule has 4 nitrogen and oxygen atoms in total. The molecule has 0 spiro atoms. The number of rotatable bonds is 5. The van der Waals surface area contributed by atoms with E-state index in [0.717, 1.165) is 14.2 Å². The van der Waals surface area contributed by atoms with E-state index in [1.807, 2.05) is 12.1 Å². The van der Waals surface area contributed by atoms with Gasteiger partial charge in [-0.05, 0) is 40.8 Å². The number of amides is 1. The van der Waals surface area contributed by atoms with E-state index in [1.54, 1.807) is 17.8 Å². The van der Waals surface area contributed by atoms with Crippen molar-refractivity contribution in [2.24, 2.45) is 0 Å². The number of carbonyl (C=O) groups is 2. The van der Waals surface area contributed by atoms with E-state index in [2.05, 4.69) is 27.9 Å². The minimum Gasteiger partial charge on any atom is -0.426 e. The lowest BCUT2D eigenvalue weighted by Crippen LogP contribution is -2.22. The van der Waals surface area contributed by atoms with Crippen LogP contribution in [0.1, 0.15) is 13.8 Å². The Hall–Kier alpha value is -0.760. The first-order chi connectivity index (χ1) is 8.49. The molecule has 1 aromatic rings. The summed E-state index contributed by atoms with van der Waals surface area (Å²) in [6.07, 6.45) is 0. The van der Waals surface area contributed by atoms with Crippen LogP contribution in [0.3, 0.4) is 0 Å². The van der Waals surface area contributed by atoms with Crippen LogP contribution in [-0.4, -0.2) is 24.2 Å². The van der Waals surface area contributed by atoms with Gasteiger partial charge in [0.1, 0.15) is 5.75 Å². The highest BCUT2D eigenvalue weighted by atomic mass is 127. The zero-order chi connectivity index (χ0) is 13.5. The molecule has 0 heterocycles. The van der Waals surface area contributed by atoms with Crippen molar-refractivity contribution >= 4 is 46.2 Å². The maximum absolute atomic E-state index is 11.0. The summed E-state index contributed by atoms with van der Waals surface area (Å²) in [5.74, 6) is 0.919. The van der Waals surface area contributed by atoms with Crippen LogP contribution in [0.4, 0.5) is 0 Å². The number of benzene rings is 1. The molecular weight excluding hydrogens is 365 g/mol. The second kappa shape index (κ2) is 7.63. The molecule has 0 aliphatic carbocycles. The van der Waals surface area contributed by atoms with Crippen LogP contribution in [0.5, 0.6) is 5.75 Å². The van der Waals surface area contributed by atoms with Crippen molar-refractivity contribution in [3.05, 3.63) is 21.8 Å². The summed E-state index contributed by atoms with van der Waals surface area (Å²) in [6, 6.07) is 5.62. The second-order valence-corrected chi connectivity index (χ2v) is 5.90. The number of halogens is 1. The fourth-order valence-electron chi connectivity index (χ4n) is 1.22. The monoisotopic (exact) mass is 379 g/mol. The van der Waals surface area contributed by atoms with Gasteiger partial charge in [-0.3, -0.25) is 9.59 Å². The van der Waals surface area contributed by atoms with Crippen molar-refractivity contribution in [1.82, 2.24) is 5.32 Å². The standard InChI is InChI=1S/C12H14INO3S/c1-8(15)14-5-6-18-12-7-10(13)3-4-11(12)17-9(2)16/h3-4,7H,5-6H2,1-2H3,(H,14,15). The molecule has 0 radical (unpaired) electrons. The third-order valence-corrected chi connectivity index (χ3v) is 3.60. The summed E-state index contributed by atoms with van der Waals surface area (Å²) in [6.45, 7) is 3.45. The van der Waals surface area contributed by atoms with Crippen LogP contribution < -0.4 is 10.1 Å². The largest absolute Gasteiger partial charge is 0.426 e. The van der Waals surface area contributed by atoms with Gasteiger partial charge in [-0.25, -0.2) is 0 Å². The molecule has 0 saturated heterocycles. The highest BCUT2D eigenvalue weighted by Crippen LogP contribution is 2.30. The van der Waals surface area contributed by atoms with Gasteiger partial charge in [0, 0.05) is 29.7 Å². The first kappa shape index (κ1) is 15.3. The van der Waals surface area contributed by atoms with E-state index >= 15 is 0 Å². The lowest BCUT2D eigenvalue weighted by molar-refractivity contribution is -0.132. The lowest BCUT2D eigenvalue weighted by atomic mass is 10.3. The van der Waals surface area contributed by atoms with Crippen molar-refractivity contribution in [3.63, 3.8) is 0 Å². The molecule has 1 aromatic carbocycles. The molecule has 0 fully saturated rings. The molecule has 0 saturated carbocycles. The van der Waals surface area contributed by atoms with Gasteiger partial charge in [0.2, 0.25) is 5.91 Å². The normalized spacial score (nSPS) is 9.94. The Bertz CT molecular complexity index is 451. The van der Waals surface area contributed by atoms with Crippen LogP contribution in [0.15, 0.2) is 23.1 Å². The van der Waals surface area contributed by atoms with Gasteiger partial charge >= 0.3 is 5.97 Å². The van der Waals surface area contributed by atoms with Gasteiger partial charge in [-0.15, -0.1) is 11.8 Å². The van der Waals surface area contributed by atoms with Gasteiger partial charge < -0.3 is 10.1 Å². The highest BCUT2D eigenvalue weighted by molar-refractivity contribution is 14.1. The van der Waals surface area contributed by atoms with Crippen molar-refractivity contribution < 1.29 is 14.3 Å². The van der Waals surface area contributed by atoms with Gasteiger partial charge in [0.25, 0.3) is 0 Å². The summed E-state index contributed by atoms with van der Waals surface area (Å²) < 4.78 is 6.20. The molecule has 1 N–H and O–H groups in total. The Morgan fingerprint density at radius 2 is 2.11 bits per heavy atom. The number of nitrogens with one attached hydrogen (secondary N) is 1. The third kappa shape index (κ3) is 5.72.